The molecule has 1 heterocycles. The normalized spacial score (nSPS) is 9.27. The molecule has 0 fully saturated rings. The minimum absolute atomic E-state index is 0. The second kappa shape index (κ2) is 5.77. The highest BCUT2D eigenvalue weighted by atomic mass is 79.9. The highest BCUT2D eigenvalue weighted by Crippen LogP contribution is 1.96. The van der Waals surface area contributed by atoms with Crippen LogP contribution in [0.4, 0.5) is 0 Å². The lowest BCUT2D eigenvalue weighted by molar-refractivity contribution is 0.685. The van der Waals surface area contributed by atoms with Crippen molar-refractivity contribution < 1.29 is 0 Å². The Bertz CT molecular complexity index is 198. The fourth-order valence-corrected chi connectivity index (χ4v) is 1.09. The third-order valence-electron chi connectivity index (χ3n) is 1.31. The molecule has 1 rings (SSSR count). The lowest BCUT2D eigenvalue weighted by Crippen LogP contribution is -1.93. The van der Waals surface area contributed by atoms with Crippen LogP contribution < -0.4 is 0 Å². The van der Waals surface area contributed by atoms with Crippen LogP contribution in [0, 0.1) is 6.92 Å². The Morgan fingerprint density at radius 2 is 2.36 bits per heavy atom. The van der Waals surface area contributed by atoms with E-state index in [2.05, 4.69) is 31.7 Å². The Balaban J connectivity index is 0.000001000. The Morgan fingerprint density at radius 1 is 1.64 bits per heavy atom. The first kappa shape index (κ1) is 11.2. The van der Waals surface area contributed by atoms with Crippen molar-refractivity contribution >= 4 is 32.9 Å². The Hall–Kier alpha value is 0.170. The van der Waals surface area contributed by atoms with Gasteiger partial charge in [0, 0.05) is 18.1 Å². The van der Waals surface area contributed by atoms with Gasteiger partial charge < -0.3 is 4.57 Å². The van der Waals surface area contributed by atoms with Gasteiger partial charge in [0.05, 0.1) is 12.0 Å². The number of imidazole rings is 1. The van der Waals surface area contributed by atoms with E-state index in [0.29, 0.717) is 0 Å². The monoisotopic (exact) mass is 282 g/mol. The van der Waals surface area contributed by atoms with E-state index in [1.165, 1.54) is 0 Å². The van der Waals surface area contributed by atoms with Crippen LogP contribution in [0.25, 0.3) is 0 Å². The molecule has 4 heteroatoms. The van der Waals surface area contributed by atoms with Crippen molar-refractivity contribution in [1.82, 2.24) is 9.55 Å². The SMILES string of the molecule is Br.Cc1cn(CCCBr)cn1. The Morgan fingerprint density at radius 3 is 2.82 bits per heavy atom. The summed E-state index contributed by atoms with van der Waals surface area (Å²) in [4.78, 5) is 4.12. The summed E-state index contributed by atoms with van der Waals surface area (Å²) in [5.41, 5.74) is 1.09. The van der Waals surface area contributed by atoms with Crippen molar-refractivity contribution in [3.05, 3.63) is 18.2 Å². The van der Waals surface area contributed by atoms with Gasteiger partial charge in [-0.2, -0.15) is 0 Å². The van der Waals surface area contributed by atoms with Gasteiger partial charge in [0.1, 0.15) is 0 Å². The maximum absolute atomic E-state index is 4.12. The summed E-state index contributed by atoms with van der Waals surface area (Å²) in [6.45, 7) is 3.07. The summed E-state index contributed by atoms with van der Waals surface area (Å²) in [5, 5.41) is 1.06. The third-order valence-corrected chi connectivity index (χ3v) is 1.87. The molecule has 0 aromatic carbocycles. The molecule has 0 radical (unpaired) electrons. The largest absolute Gasteiger partial charge is 0.337 e. The van der Waals surface area contributed by atoms with Crippen molar-refractivity contribution in [2.24, 2.45) is 0 Å². The molecule has 1 aromatic heterocycles. The molecular weight excluding hydrogens is 272 g/mol. The fraction of sp³-hybridized carbons (Fsp3) is 0.571. The minimum Gasteiger partial charge on any atom is -0.337 e. The van der Waals surface area contributed by atoms with Crippen LogP contribution in [-0.2, 0) is 6.54 Å². The molecule has 0 saturated heterocycles. The molecule has 11 heavy (non-hydrogen) atoms. The van der Waals surface area contributed by atoms with E-state index >= 15 is 0 Å². The van der Waals surface area contributed by atoms with E-state index in [4.69, 9.17) is 0 Å². The van der Waals surface area contributed by atoms with Crippen LogP contribution >= 0.6 is 32.9 Å². The fourth-order valence-electron chi connectivity index (χ4n) is 0.836. The summed E-state index contributed by atoms with van der Waals surface area (Å²) < 4.78 is 2.11. The Labute approximate surface area is 85.9 Å². The number of hydrogen-bond acceptors (Lipinski definition) is 1. The molecule has 0 aliphatic rings. The zero-order chi connectivity index (χ0) is 7.40. The molecule has 0 spiro atoms. The van der Waals surface area contributed by atoms with E-state index in [9.17, 15) is 0 Å². The van der Waals surface area contributed by atoms with Crippen molar-refractivity contribution in [3.8, 4) is 0 Å². The molecule has 0 saturated carbocycles. The lowest BCUT2D eigenvalue weighted by atomic mass is 10.5. The molecular formula is C7H12Br2N2. The predicted octanol–water partition coefficient (Wildman–Crippen LogP) is 2.55. The van der Waals surface area contributed by atoms with Gasteiger partial charge >= 0.3 is 0 Å². The molecule has 0 aliphatic heterocycles. The molecule has 0 aliphatic carbocycles. The number of rotatable bonds is 3. The highest BCUT2D eigenvalue weighted by Gasteiger charge is 1.90. The van der Waals surface area contributed by atoms with E-state index < -0.39 is 0 Å². The second-order valence-electron chi connectivity index (χ2n) is 2.30. The van der Waals surface area contributed by atoms with Crippen LogP contribution in [0.5, 0.6) is 0 Å². The molecule has 0 unspecified atom stereocenters. The number of aryl methyl sites for hydroxylation is 2. The van der Waals surface area contributed by atoms with Gasteiger partial charge in [0.25, 0.3) is 0 Å². The van der Waals surface area contributed by atoms with Gasteiger partial charge in [-0.3, -0.25) is 0 Å². The standard InChI is InChI=1S/C7H11BrN2.BrH/c1-7-5-10(6-9-7)4-2-3-8;/h5-6H,2-4H2,1H3;1H. The average Bonchev–Trinajstić information content (AvgIpc) is 2.31. The minimum atomic E-state index is 0. The molecule has 0 atom stereocenters. The smallest absolute Gasteiger partial charge is 0.0949 e. The van der Waals surface area contributed by atoms with E-state index in [-0.39, 0.29) is 17.0 Å². The predicted molar refractivity (Wildman–Crippen MR) is 55.7 cm³/mol. The zero-order valence-corrected chi connectivity index (χ0v) is 9.76. The average molecular weight is 284 g/mol. The number of halogens is 2. The van der Waals surface area contributed by atoms with Gasteiger partial charge in [-0.15, -0.1) is 17.0 Å². The number of hydrogen-bond donors (Lipinski definition) is 0. The Kier molecular flexibility index (Phi) is 5.86. The van der Waals surface area contributed by atoms with E-state index in [1.807, 2.05) is 13.3 Å². The van der Waals surface area contributed by atoms with Crippen LogP contribution in [0.1, 0.15) is 12.1 Å². The van der Waals surface area contributed by atoms with Crippen molar-refractivity contribution in [3.63, 3.8) is 0 Å². The number of alkyl halides is 1. The zero-order valence-electron chi connectivity index (χ0n) is 6.46. The topological polar surface area (TPSA) is 17.8 Å². The first-order valence-electron chi connectivity index (χ1n) is 3.37. The lowest BCUT2D eigenvalue weighted by Gasteiger charge is -1.96. The van der Waals surface area contributed by atoms with Crippen molar-refractivity contribution in [1.29, 1.82) is 0 Å². The summed E-state index contributed by atoms with van der Waals surface area (Å²) in [5.74, 6) is 0. The maximum Gasteiger partial charge on any atom is 0.0949 e. The molecule has 64 valence electrons. The van der Waals surface area contributed by atoms with Gasteiger partial charge in [-0.05, 0) is 13.3 Å². The van der Waals surface area contributed by atoms with E-state index in [0.717, 1.165) is 24.0 Å². The summed E-state index contributed by atoms with van der Waals surface area (Å²) in [7, 11) is 0. The summed E-state index contributed by atoms with van der Waals surface area (Å²) in [6.07, 6.45) is 5.09. The van der Waals surface area contributed by atoms with E-state index in [1.54, 1.807) is 0 Å². The first-order chi connectivity index (χ1) is 4.83. The van der Waals surface area contributed by atoms with Crippen LogP contribution in [0.2, 0.25) is 0 Å². The van der Waals surface area contributed by atoms with Crippen LogP contribution in [0.3, 0.4) is 0 Å². The van der Waals surface area contributed by atoms with Crippen molar-refractivity contribution in [2.45, 2.75) is 19.9 Å². The number of aromatic nitrogens is 2. The first-order valence-corrected chi connectivity index (χ1v) is 4.49. The molecule has 0 bridgehead atoms. The van der Waals surface area contributed by atoms with Gasteiger partial charge in [-0.1, -0.05) is 15.9 Å². The van der Waals surface area contributed by atoms with Gasteiger partial charge in [0.2, 0.25) is 0 Å². The van der Waals surface area contributed by atoms with Gasteiger partial charge in [-0.25, -0.2) is 4.98 Å². The highest BCUT2D eigenvalue weighted by molar-refractivity contribution is 9.09. The molecule has 2 nitrogen and oxygen atoms in total. The number of nitrogens with zero attached hydrogens (tertiary/aromatic N) is 2. The van der Waals surface area contributed by atoms with Crippen LogP contribution in [0.15, 0.2) is 12.5 Å². The quantitative estimate of drug-likeness (QED) is 0.780. The van der Waals surface area contributed by atoms with Gasteiger partial charge in [0.15, 0.2) is 0 Å². The third kappa shape index (κ3) is 3.91. The molecule has 0 N–H and O–H groups in total. The molecule has 1 aromatic rings. The van der Waals surface area contributed by atoms with Crippen LogP contribution in [-0.4, -0.2) is 14.9 Å². The molecule has 0 amide bonds. The summed E-state index contributed by atoms with van der Waals surface area (Å²) in [6, 6.07) is 0. The maximum atomic E-state index is 4.12. The second-order valence-corrected chi connectivity index (χ2v) is 3.09. The van der Waals surface area contributed by atoms with Crippen molar-refractivity contribution in [2.75, 3.05) is 5.33 Å². The summed E-state index contributed by atoms with van der Waals surface area (Å²) >= 11 is 3.38.